The van der Waals surface area contributed by atoms with Gasteiger partial charge >= 0.3 is 12.2 Å². The summed E-state index contributed by atoms with van der Waals surface area (Å²) >= 11 is 0. The monoisotopic (exact) mass is 617 g/mol. The number of rotatable bonds is 6. The number of likely N-dealkylation sites (N-methyl/N-ethyl adjacent to an activating group) is 1. The van der Waals surface area contributed by atoms with Gasteiger partial charge in [-0.1, -0.05) is 13.8 Å². The molecule has 11 nitrogen and oxygen atoms in total. The van der Waals surface area contributed by atoms with Crippen molar-refractivity contribution < 1.29 is 36.7 Å². The molecule has 4 heterocycles. The average molecular weight is 618 g/mol. The molecule has 1 spiro atoms. The minimum absolute atomic E-state index is 0.0710. The van der Waals surface area contributed by atoms with E-state index >= 15 is 0 Å². The molecule has 0 aliphatic carbocycles. The molecule has 5 rings (SSSR count). The highest BCUT2D eigenvalue weighted by Gasteiger charge is 2.57. The first-order valence-corrected chi connectivity index (χ1v) is 14.0. The Hall–Kier alpha value is -4.56. The van der Waals surface area contributed by atoms with Gasteiger partial charge in [0.2, 0.25) is 5.91 Å². The molecule has 44 heavy (non-hydrogen) atoms. The molecule has 234 valence electrons. The van der Waals surface area contributed by atoms with Crippen LogP contribution in [0.4, 0.5) is 22.4 Å². The van der Waals surface area contributed by atoms with Crippen LogP contribution in [0.5, 0.6) is 0 Å². The van der Waals surface area contributed by atoms with E-state index in [0.29, 0.717) is 29.7 Å². The van der Waals surface area contributed by atoms with E-state index in [4.69, 9.17) is 0 Å². The molecule has 2 aliphatic rings. The molecule has 0 radical (unpaired) electrons. The van der Waals surface area contributed by atoms with Crippen LogP contribution in [-0.4, -0.2) is 84.8 Å². The van der Waals surface area contributed by atoms with Gasteiger partial charge in [0, 0.05) is 32.9 Å². The molecule has 15 heteroatoms. The molecular weight excluding hydrogens is 586 g/mol. The largest absolute Gasteiger partial charge is 0.416 e. The first-order chi connectivity index (χ1) is 20.6. The lowest BCUT2D eigenvalue weighted by atomic mass is 9.85. The zero-order chi connectivity index (χ0) is 32.1. The molecule has 2 fully saturated rings. The van der Waals surface area contributed by atoms with Crippen LogP contribution in [0.15, 0.2) is 36.5 Å². The topological polar surface area (TPSA) is 120 Å². The van der Waals surface area contributed by atoms with Crippen LogP contribution in [0.1, 0.15) is 54.0 Å². The van der Waals surface area contributed by atoms with Gasteiger partial charge in [0.1, 0.15) is 23.2 Å². The summed E-state index contributed by atoms with van der Waals surface area (Å²) in [5, 5.41) is 6.65. The smallest absolute Gasteiger partial charge is 0.341 e. The van der Waals surface area contributed by atoms with Gasteiger partial charge in [-0.15, -0.1) is 0 Å². The fourth-order valence-electron chi connectivity index (χ4n) is 5.80. The molecule has 2 aliphatic heterocycles. The zero-order valence-electron chi connectivity index (χ0n) is 24.5. The summed E-state index contributed by atoms with van der Waals surface area (Å²) in [5.74, 6) is -3.14. The van der Waals surface area contributed by atoms with Gasteiger partial charge in [-0.25, -0.2) is 18.7 Å². The second-order valence-corrected chi connectivity index (χ2v) is 11.5. The Kier molecular flexibility index (Phi) is 7.84. The van der Waals surface area contributed by atoms with Crippen LogP contribution >= 0.6 is 0 Å². The summed E-state index contributed by atoms with van der Waals surface area (Å²) in [6.07, 6.45) is -2.82. The minimum atomic E-state index is -4.79. The third-order valence-electron chi connectivity index (χ3n) is 8.25. The van der Waals surface area contributed by atoms with Gasteiger partial charge < -0.3 is 15.1 Å². The first kappa shape index (κ1) is 30.9. The molecule has 1 N–H and O–H groups in total. The summed E-state index contributed by atoms with van der Waals surface area (Å²) in [6.45, 7) is 5.30. The second kappa shape index (κ2) is 11.2. The predicted octanol–water partition coefficient (Wildman–Crippen LogP) is 3.41. The summed E-state index contributed by atoms with van der Waals surface area (Å²) in [6, 6.07) is 3.42. The van der Waals surface area contributed by atoms with E-state index < -0.39 is 58.5 Å². The number of nitrogens with one attached hydrogen (secondary N) is 1. The molecule has 0 bridgehead atoms. The van der Waals surface area contributed by atoms with Crippen LogP contribution < -0.4 is 5.32 Å². The molecule has 1 atom stereocenters. The Morgan fingerprint density at radius 1 is 1.09 bits per heavy atom. The number of benzene rings is 1. The standard InChI is InChI=1S/C29H31F4N7O4/c1-16(2)23(35-24(41)20-14-19(29(31,32)33)5-6-21(20)30)25(42)38-11-8-28(9-12-38)26(43)37(4)27(44)39(28)15-18-7-10-40-22(13-18)34-17(3)36-40/h5-7,10,13-14,16,23H,8-9,11-12,15H2,1-4H3,(H,35,41). The highest BCUT2D eigenvalue weighted by Crippen LogP contribution is 2.38. The maximum atomic E-state index is 14.4. The summed E-state index contributed by atoms with van der Waals surface area (Å²) in [7, 11) is 1.41. The van der Waals surface area contributed by atoms with Crippen LogP contribution in [0, 0.1) is 18.7 Å². The van der Waals surface area contributed by atoms with Crippen molar-refractivity contribution in [3.63, 3.8) is 0 Å². The number of carbonyl (C=O) groups excluding carboxylic acids is 4. The second-order valence-electron chi connectivity index (χ2n) is 11.5. The van der Waals surface area contributed by atoms with Crippen molar-refractivity contribution in [2.75, 3.05) is 20.1 Å². The van der Waals surface area contributed by atoms with Gasteiger partial charge in [-0.05, 0) is 61.6 Å². The highest BCUT2D eigenvalue weighted by atomic mass is 19.4. The summed E-state index contributed by atoms with van der Waals surface area (Å²) in [5.41, 5.74) is -1.89. The van der Waals surface area contributed by atoms with E-state index in [1.165, 1.54) is 16.8 Å². The van der Waals surface area contributed by atoms with Crippen molar-refractivity contribution in [1.29, 1.82) is 0 Å². The Morgan fingerprint density at radius 2 is 1.77 bits per heavy atom. The number of alkyl halides is 3. The van der Waals surface area contributed by atoms with Crippen molar-refractivity contribution >= 4 is 29.4 Å². The maximum absolute atomic E-state index is 14.4. The number of pyridine rings is 1. The molecule has 3 aromatic rings. The van der Waals surface area contributed by atoms with Gasteiger partial charge in [0.25, 0.3) is 11.8 Å². The molecule has 1 unspecified atom stereocenters. The molecule has 0 saturated carbocycles. The van der Waals surface area contributed by atoms with E-state index in [0.717, 1.165) is 10.5 Å². The fraction of sp³-hybridized carbons (Fsp3) is 0.448. The van der Waals surface area contributed by atoms with Crippen molar-refractivity contribution in [1.82, 2.24) is 34.6 Å². The number of fused-ring (bicyclic) bond motifs is 1. The van der Waals surface area contributed by atoms with Crippen LogP contribution in [0.25, 0.3) is 5.65 Å². The number of imide groups is 1. The third-order valence-corrected chi connectivity index (χ3v) is 8.25. The molecule has 2 aromatic heterocycles. The Balaban J connectivity index is 1.32. The van der Waals surface area contributed by atoms with Gasteiger partial charge in [0.15, 0.2) is 5.65 Å². The van der Waals surface area contributed by atoms with E-state index in [9.17, 15) is 36.7 Å². The van der Waals surface area contributed by atoms with Crippen LogP contribution in [0.2, 0.25) is 0 Å². The highest BCUT2D eigenvalue weighted by molar-refractivity contribution is 6.07. The third kappa shape index (κ3) is 5.46. The summed E-state index contributed by atoms with van der Waals surface area (Å²) in [4.78, 5) is 61.4. The number of amides is 5. The number of carbonyl (C=O) groups is 4. The van der Waals surface area contributed by atoms with Crippen molar-refractivity contribution in [2.45, 2.75) is 57.9 Å². The lowest BCUT2D eigenvalue weighted by molar-refractivity contribution is -0.142. The van der Waals surface area contributed by atoms with Gasteiger partial charge in [-0.3, -0.25) is 19.3 Å². The quantitative estimate of drug-likeness (QED) is 0.335. The predicted molar refractivity (Wildman–Crippen MR) is 147 cm³/mol. The van der Waals surface area contributed by atoms with Gasteiger partial charge in [-0.2, -0.15) is 18.3 Å². The van der Waals surface area contributed by atoms with Crippen molar-refractivity contribution in [2.24, 2.45) is 5.92 Å². The lowest BCUT2D eigenvalue weighted by Gasteiger charge is -2.43. The van der Waals surface area contributed by atoms with E-state index in [-0.39, 0.29) is 38.4 Å². The number of hydrogen-bond donors (Lipinski definition) is 1. The number of aromatic nitrogens is 3. The normalized spacial score (nSPS) is 17.7. The van der Waals surface area contributed by atoms with E-state index in [2.05, 4.69) is 15.4 Å². The Morgan fingerprint density at radius 3 is 2.41 bits per heavy atom. The van der Waals surface area contributed by atoms with Crippen molar-refractivity contribution in [3.05, 3.63) is 64.9 Å². The van der Waals surface area contributed by atoms with Crippen LogP contribution in [-0.2, 0) is 22.3 Å². The molecular formula is C29H31F4N7O4. The fourth-order valence-corrected chi connectivity index (χ4v) is 5.80. The first-order valence-electron chi connectivity index (χ1n) is 14.0. The number of hydrogen-bond acceptors (Lipinski definition) is 6. The zero-order valence-corrected chi connectivity index (χ0v) is 24.5. The van der Waals surface area contributed by atoms with Crippen molar-refractivity contribution in [3.8, 4) is 0 Å². The molecule has 5 amide bonds. The van der Waals surface area contributed by atoms with Gasteiger partial charge in [0.05, 0.1) is 11.1 Å². The lowest BCUT2D eigenvalue weighted by Crippen LogP contribution is -2.60. The number of aryl methyl sites for hydroxylation is 1. The number of likely N-dealkylation sites (tertiary alicyclic amines) is 1. The van der Waals surface area contributed by atoms with E-state index in [1.807, 2.05) is 0 Å². The number of piperidine rings is 1. The Labute approximate surface area is 249 Å². The average Bonchev–Trinajstić information content (AvgIpc) is 3.42. The SMILES string of the molecule is Cc1nc2cc(CN3C(=O)N(C)C(=O)C34CCN(C(=O)C(NC(=O)c3cc(C(F)(F)F)ccc3F)C(C)C)CC4)ccn2n1. The number of urea groups is 1. The molecule has 1 aromatic carbocycles. The number of nitrogens with zero attached hydrogens (tertiary/aromatic N) is 6. The Bertz CT molecular complexity index is 1650. The number of halogens is 4. The summed E-state index contributed by atoms with van der Waals surface area (Å²) < 4.78 is 55.5. The van der Waals surface area contributed by atoms with Crippen LogP contribution in [0.3, 0.4) is 0 Å². The molecule has 2 saturated heterocycles. The maximum Gasteiger partial charge on any atom is 0.416 e. The minimum Gasteiger partial charge on any atom is -0.341 e. The van der Waals surface area contributed by atoms with E-state index in [1.54, 1.807) is 43.6 Å².